The van der Waals surface area contributed by atoms with Gasteiger partial charge < -0.3 is 5.11 Å². The summed E-state index contributed by atoms with van der Waals surface area (Å²) >= 11 is 1.79. The highest BCUT2D eigenvalue weighted by Gasteiger charge is 2.53. The van der Waals surface area contributed by atoms with E-state index in [1.54, 1.807) is 18.7 Å². The van der Waals surface area contributed by atoms with E-state index in [1.807, 2.05) is 24.3 Å². The van der Waals surface area contributed by atoms with Crippen LogP contribution in [0.5, 0.6) is 0 Å². The van der Waals surface area contributed by atoms with Gasteiger partial charge in [0.1, 0.15) is 5.69 Å². The maximum atomic E-state index is 11.8. The molecule has 29 heavy (non-hydrogen) atoms. The molecule has 0 unspecified atom stereocenters. The van der Waals surface area contributed by atoms with E-state index in [2.05, 4.69) is 54.5 Å². The molecule has 4 nitrogen and oxygen atoms in total. The molecular formula is C24H29N2O2S+. The molecule has 2 aliphatic heterocycles. The average molecular weight is 410 g/mol. The van der Waals surface area contributed by atoms with Crippen molar-refractivity contribution in [2.24, 2.45) is 0 Å². The van der Waals surface area contributed by atoms with Crippen LogP contribution in [0.15, 0.2) is 48.5 Å². The molecule has 2 aromatic rings. The van der Waals surface area contributed by atoms with Gasteiger partial charge in [0.2, 0.25) is 0 Å². The van der Waals surface area contributed by atoms with Crippen molar-refractivity contribution in [1.29, 1.82) is 0 Å². The molecule has 1 atom stereocenters. The van der Waals surface area contributed by atoms with E-state index in [9.17, 15) is 9.90 Å². The largest absolute Gasteiger partial charge is 0.346 e. The van der Waals surface area contributed by atoms with Crippen LogP contribution >= 0.6 is 11.8 Å². The Kier molecular flexibility index (Phi) is 5.07. The summed E-state index contributed by atoms with van der Waals surface area (Å²) in [6, 6.07) is 16.1. The summed E-state index contributed by atoms with van der Waals surface area (Å²) in [5, 5.41) is 12.9. The molecule has 0 aromatic heterocycles. The molecule has 1 N–H and O–H groups in total. The normalized spacial score (nSPS) is 22.0. The van der Waals surface area contributed by atoms with Gasteiger partial charge in [0.15, 0.2) is 12.3 Å². The number of β-amino-alcohol motifs (C(OH)–C–C–N with tert-alkyl or cyclic N) is 1. The van der Waals surface area contributed by atoms with Gasteiger partial charge in [-0.3, -0.25) is 4.79 Å². The predicted molar refractivity (Wildman–Crippen MR) is 120 cm³/mol. The van der Waals surface area contributed by atoms with Crippen molar-refractivity contribution >= 4 is 28.4 Å². The fraction of sp³-hybridized carbons (Fsp3) is 0.417. The SMILES string of the molecule is CC(=O)c1ccc(N2C[C@](O)(c3ccc(C(C)(C)C)cc3)[N+]3=C2SCCC3)cc1. The Bertz CT molecular complexity index is 958. The smallest absolute Gasteiger partial charge is 0.316 e. The fourth-order valence-corrected chi connectivity index (χ4v) is 5.24. The monoisotopic (exact) mass is 409 g/mol. The molecule has 4 rings (SSSR count). The van der Waals surface area contributed by atoms with E-state index in [-0.39, 0.29) is 11.2 Å². The number of hydrogen-bond acceptors (Lipinski definition) is 4. The number of carbonyl (C=O) groups is 1. The van der Waals surface area contributed by atoms with Crippen LogP contribution in [-0.4, -0.2) is 39.5 Å². The van der Waals surface area contributed by atoms with Crippen molar-refractivity contribution in [2.45, 2.75) is 45.3 Å². The molecule has 0 saturated carbocycles. The van der Waals surface area contributed by atoms with Gasteiger partial charge in [0, 0.05) is 16.9 Å². The molecule has 0 radical (unpaired) electrons. The molecule has 2 aliphatic rings. The number of carbonyl (C=O) groups excluding carboxylic acids is 1. The van der Waals surface area contributed by atoms with Gasteiger partial charge in [-0.05, 0) is 60.4 Å². The first-order valence-corrected chi connectivity index (χ1v) is 11.2. The minimum Gasteiger partial charge on any atom is -0.346 e. The van der Waals surface area contributed by atoms with Crippen molar-refractivity contribution in [2.75, 3.05) is 23.7 Å². The second kappa shape index (κ2) is 7.29. The first-order valence-electron chi connectivity index (χ1n) is 10.2. The summed E-state index contributed by atoms with van der Waals surface area (Å²) in [5.41, 5.74) is 2.92. The van der Waals surface area contributed by atoms with Gasteiger partial charge in [0.05, 0.1) is 6.54 Å². The van der Waals surface area contributed by atoms with Crippen LogP contribution in [0.2, 0.25) is 0 Å². The lowest BCUT2D eigenvalue weighted by Gasteiger charge is -2.26. The van der Waals surface area contributed by atoms with Crippen molar-refractivity contribution in [3.05, 3.63) is 65.2 Å². The summed E-state index contributed by atoms with van der Waals surface area (Å²) < 4.78 is 2.14. The second-order valence-corrected chi connectivity index (χ2v) is 10.0. The number of nitrogens with zero attached hydrogens (tertiary/aromatic N) is 2. The van der Waals surface area contributed by atoms with E-state index < -0.39 is 5.72 Å². The number of ketones is 1. The number of rotatable bonds is 3. The zero-order valence-corrected chi connectivity index (χ0v) is 18.4. The highest BCUT2D eigenvalue weighted by atomic mass is 32.2. The number of benzene rings is 2. The Hall–Kier alpha value is -2.11. The predicted octanol–water partition coefficient (Wildman–Crippen LogP) is 4.36. The van der Waals surface area contributed by atoms with Crippen LogP contribution < -0.4 is 4.90 Å². The van der Waals surface area contributed by atoms with Gasteiger partial charge in [-0.25, -0.2) is 9.48 Å². The Balaban J connectivity index is 1.72. The third-order valence-electron chi connectivity index (χ3n) is 5.84. The first-order chi connectivity index (χ1) is 13.7. The highest BCUT2D eigenvalue weighted by Crippen LogP contribution is 2.38. The Morgan fingerprint density at radius 3 is 2.34 bits per heavy atom. The minimum absolute atomic E-state index is 0.0646. The molecule has 0 spiro atoms. The minimum atomic E-state index is -1.06. The van der Waals surface area contributed by atoms with Crippen LogP contribution in [-0.2, 0) is 11.1 Å². The van der Waals surface area contributed by atoms with Crippen LogP contribution in [0.4, 0.5) is 5.69 Å². The fourth-order valence-electron chi connectivity index (χ4n) is 4.06. The van der Waals surface area contributed by atoms with Crippen molar-refractivity contribution in [3.63, 3.8) is 0 Å². The zero-order valence-electron chi connectivity index (χ0n) is 17.6. The number of thioether (sulfide) groups is 1. The molecule has 0 bridgehead atoms. The van der Waals surface area contributed by atoms with Gasteiger partial charge >= 0.3 is 5.17 Å². The van der Waals surface area contributed by atoms with E-state index in [0.717, 1.165) is 35.1 Å². The molecule has 152 valence electrons. The molecule has 2 aromatic carbocycles. The quantitative estimate of drug-likeness (QED) is 0.604. The molecule has 2 heterocycles. The number of aliphatic hydroxyl groups is 1. The number of amidine groups is 1. The number of anilines is 1. The number of Topliss-reactive ketones (excluding diaryl/α,β-unsaturated/α-hetero) is 1. The van der Waals surface area contributed by atoms with Crippen LogP contribution in [0, 0.1) is 0 Å². The van der Waals surface area contributed by atoms with E-state index in [1.165, 1.54) is 5.56 Å². The van der Waals surface area contributed by atoms with Crippen LogP contribution in [0.25, 0.3) is 0 Å². The van der Waals surface area contributed by atoms with E-state index in [0.29, 0.717) is 12.1 Å². The molecule has 0 saturated heterocycles. The molecule has 0 fully saturated rings. The second-order valence-electron chi connectivity index (χ2n) is 8.97. The summed E-state index contributed by atoms with van der Waals surface area (Å²) in [4.78, 5) is 13.8. The van der Waals surface area contributed by atoms with Gasteiger partial charge in [-0.15, -0.1) is 0 Å². The Morgan fingerprint density at radius 2 is 1.76 bits per heavy atom. The summed E-state index contributed by atoms with van der Waals surface area (Å²) in [6.45, 7) is 9.49. The Morgan fingerprint density at radius 1 is 1.10 bits per heavy atom. The van der Waals surface area contributed by atoms with Gasteiger partial charge in [-0.2, -0.15) is 0 Å². The topological polar surface area (TPSA) is 43.6 Å². The maximum absolute atomic E-state index is 11.8. The third-order valence-corrected chi connectivity index (χ3v) is 7.03. The maximum Gasteiger partial charge on any atom is 0.316 e. The van der Waals surface area contributed by atoms with Gasteiger partial charge in [0.25, 0.3) is 5.72 Å². The summed E-state index contributed by atoms with van der Waals surface area (Å²) in [7, 11) is 0. The lowest BCUT2D eigenvalue weighted by atomic mass is 9.86. The number of hydrogen-bond donors (Lipinski definition) is 1. The molecular weight excluding hydrogens is 380 g/mol. The molecule has 0 aliphatic carbocycles. The first kappa shape index (κ1) is 20.2. The van der Waals surface area contributed by atoms with E-state index in [4.69, 9.17) is 0 Å². The van der Waals surface area contributed by atoms with E-state index >= 15 is 0 Å². The van der Waals surface area contributed by atoms with Crippen molar-refractivity contribution < 1.29 is 14.5 Å². The zero-order chi connectivity index (χ0) is 20.8. The average Bonchev–Trinajstić information content (AvgIpc) is 3.02. The van der Waals surface area contributed by atoms with Crippen molar-refractivity contribution in [1.82, 2.24) is 0 Å². The standard InChI is InChI=1S/C24H29N2O2S/c1-17(27)18-6-12-21(13-7-18)25-16-24(28,26-14-5-15-29-22(25)26)20-10-8-19(9-11-20)23(2,3)4/h6-13,28H,5,14-16H2,1-4H3/q+1/t24-/m0/s1. The molecule has 0 amide bonds. The van der Waals surface area contributed by atoms with Crippen LogP contribution in [0.3, 0.4) is 0 Å². The third kappa shape index (κ3) is 3.62. The van der Waals surface area contributed by atoms with Gasteiger partial charge in [-0.1, -0.05) is 45.0 Å². The highest BCUT2D eigenvalue weighted by molar-refractivity contribution is 8.13. The van der Waals surface area contributed by atoms with Crippen LogP contribution in [0.1, 0.15) is 55.6 Å². The summed E-state index contributed by atoms with van der Waals surface area (Å²) in [5.74, 6) is 1.11. The summed E-state index contributed by atoms with van der Waals surface area (Å²) in [6.07, 6.45) is 1.05. The lowest BCUT2D eigenvalue weighted by molar-refractivity contribution is -0.656. The van der Waals surface area contributed by atoms with Crippen molar-refractivity contribution in [3.8, 4) is 0 Å². The lowest BCUT2D eigenvalue weighted by Crippen LogP contribution is -2.41. The molecule has 5 heteroatoms. The Labute approximate surface area is 177 Å².